The number of nitrogens with zero attached hydrogens (tertiary/aromatic N) is 2. The number of carboxylic acids is 1. The Morgan fingerprint density at radius 1 is 0.651 bits per heavy atom. The van der Waals surface area contributed by atoms with Gasteiger partial charge in [0.05, 0.1) is 12.0 Å². The Morgan fingerprint density at radius 2 is 1.27 bits per heavy atom. The van der Waals surface area contributed by atoms with Gasteiger partial charge in [-0.15, -0.1) is 0 Å². The molecule has 6 aromatic carbocycles. The van der Waals surface area contributed by atoms with E-state index < -0.39 is 5.97 Å². The number of carbonyl (C=O) groups excluding carboxylic acids is 1. The molecule has 0 fully saturated rings. The highest BCUT2D eigenvalue weighted by Gasteiger charge is 2.49. The Morgan fingerprint density at radius 3 is 1.95 bits per heavy atom. The van der Waals surface area contributed by atoms with Crippen LogP contribution in [0.3, 0.4) is 0 Å². The van der Waals surface area contributed by atoms with Crippen LogP contribution in [-0.4, -0.2) is 47.5 Å². The van der Waals surface area contributed by atoms with Gasteiger partial charge in [0, 0.05) is 53.9 Å². The second-order valence-electron chi connectivity index (χ2n) is 17.6. The van der Waals surface area contributed by atoms with Crippen LogP contribution in [0.4, 0.5) is 11.4 Å². The Hall–Kier alpha value is -6.53. The lowest BCUT2D eigenvalue weighted by Crippen LogP contribution is -2.34. The van der Waals surface area contributed by atoms with Crippen molar-refractivity contribution in [1.82, 2.24) is 0 Å². The van der Waals surface area contributed by atoms with Gasteiger partial charge in [-0.3, -0.25) is 9.59 Å². The number of allylic oxidation sites excluding steroid dienone is 6. The average molecular weight is 836 g/mol. The number of hydrogen-bond donors (Lipinski definition) is 1. The molecule has 0 aromatic heterocycles. The van der Waals surface area contributed by atoms with E-state index in [2.05, 4.69) is 187 Å². The summed E-state index contributed by atoms with van der Waals surface area (Å²) in [5.74, 6) is -0.736. The van der Waals surface area contributed by atoms with Crippen molar-refractivity contribution in [3.05, 3.63) is 192 Å². The molecule has 0 radical (unpaired) electrons. The summed E-state index contributed by atoms with van der Waals surface area (Å²) in [6.45, 7) is 7.47. The topological polar surface area (TPSA) is 69.8 Å². The third-order valence-corrected chi connectivity index (χ3v) is 13.2. The van der Waals surface area contributed by atoms with Crippen molar-refractivity contribution in [2.45, 2.75) is 82.5 Å². The monoisotopic (exact) mass is 835 g/mol. The van der Waals surface area contributed by atoms with Gasteiger partial charge in [-0.1, -0.05) is 140 Å². The lowest BCUT2D eigenvalue weighted by atomic mass is 9.73. The summed E-state index contributed by atoms with van der Waals surface area (Å²) in [5.41, 5.74) is 9.69. The van der Waals surface area contributed by atoms with E-state index in [0.29, 0.717) is 19.5 Å². The fourth-order valence-corrected chi connectivity index (χ4v) is 10.4. The second kappa shape index (κ2) is 19.7. The number of aliphatic carboxylic acids is 1. The molecule has 0 spiro atoms. The van der Waals surface area contributed by atoms with E-state index in [1.807, 2.05) is 0 Å². The van der Waals surface area contributed by atoms with Crippen LogP contribution in [-0.2, 0) is 38.0 Å². The number of carboxylic acid groups (broad SMARTS) is 1. The Kier molecular flexibility index (Phi) is 13.5. The minimum Gasteiger partial charge on any atom is -0.481 e. The number of anilines is 1. The van der Waals surface area contributed by atoms with E-state index in [4.69, 9.17) is 4.74 Å². The van der Waals surface area contributed by atoms with Gasteiger partial charge in [0.1, 0.15) is 6.54 Å². The van der Waals surface area contributed by atoms with Crippen molar-refractivity contribution in [3.8, 4) is 0 Å². The summed E-state index contributed by atoms with van der Waals surface area (Å²) in [6.07, 6.45) is 18.4. The van der Waals surface area contributed by atoms with Crippen molar-refractivity contribution in [2.24, 2.45) is 0 Å². The first-order chi connectivity index (χ1) is 30.8. The highest BCUT2D eigenvalue weighted by Crippen LogP contribution is 2.53. The molecule has 2 unspecified atom stereocenters. The van der Waals surface area contributed by atoms with Crippen molar-refractivity contribution in [2.75, 3.05) is 24.6 Å². The quantitative estimate of drug-likeness (QED) is 0.0359. The SMILES string of the molecule is CC1(Cc2ccccc2)C(/C=C/C=C/C=C2\N(CCCCCC(=O)O)c3ccc4ccccc4c3C2(C)Cc2ccccc2)=[N+](CCCCCOC=O)c2ccc3ccccc3c21. The van der Waals surface area contributed by atoms with Crippen LogP contribution in [0.25, 0.3) is 21.5 Å². The van der Waals surface area contributed by atoms with Crippen molar-refractivity contribution in [3.63, 3.8) is 0 Å². The predicted molar refractivity (Wildman–Crippen MR) is 258 cm³/mol. The molecular formula is C57H59N2O4+. The van der Waals surface area contributed by atoms with Crippen molar-refractivity contribution < 1.29 is 24.0 Å². The Labute approximate surface area is 372 Å². The third-order valence-electron chi connectivity index (χ3n) is 13.2. The highest BCUT2D eigenvalue weighted by molar-refractivity contribution is 6.08. The summed E-state index contributed by atoms with van der Waals surface area (Å²) in [7, 11) is 0. The van der Waals surface area contributed by atoms with E-state index in [-0.39, 0.29) is 17.3 Å². The second-order valence-corrected chi connectivity index (χ2v) is 17.6. The maximum Gasteiger partial charge on any atom is 0.303 e. The molecule has 6 nitrogen and oxygen atoms in total. The zero-order valence-corrected chi connectivity index (χ0v) is 36.7. The van der Waals surface area contributed by atoms with Gasteiger partial charge in [-0.05, 0) is 109 Å². The first kappa shape index (κ1) is 43.1. The number of carbonyl (C=O) groups is 2. The highest BCUT2D eigenvalue weighted by atomic mass is 16.5. The fourth-order valence-electron chi connectivity index (χ4n) is 10.4. The normalized spacial score (nSPS) is 18.9. The fraction of sp³-hybridized carbons (Fsp3) is 0.281. The Bertz CT molecular complexity index is 2700. The van der Waals surface area contributed by atoms with Crippen LogP contribution in [0, 0.1) is 0 Å². The van der Waals surface area contributed by atoms with Gasteiger partial charge in [0.25, 0.3) is 6.47 Å². The van der Waals surface area contributed by atoms with E-state index in [1.54, 1.807) is 0 Å². The first-order valence-corrected chi connectivity index (χ1v) is 22.7. The lowest BCUT2D eigenvalue weighted by molar-refractivity contribution is -0.438. The van der Waals surface area contributed by atoms with Crippen molar-refractivity contribution >= 4 is 51.1 Å². The van der Waals surface area contributed by atoms with E-state index in [9.17, 15) is 14.7 Å². The summed E-state index contributed by atoms with van der Waals surface area (Å²) < 4.78 is 7.56. The maximum absolute atomic E-state index is 11.4. The van der Waals surface area contributed by atoms with Crippen LogP contribution in [0.15, 0.2) is 170 Å². The van der Waals surface area contributed by atoms with E-state index in [0.717, 1.165) is 58.0 Å². The van der Waals surface area contributed by atoms with Crippen LogP contribution in [0.1, 0.15) is 81.0 Å². The van der Waals surface area contributed by atoms with Gasteiger partial charge in [0.15, 0.2) is 5.71 Å². The molecule has 0 aliphatic carbocycles. The molecule has 320 valence electrons. The Balaban J connectivity index is 1.19. The third kappa shape index (κ3) is 9.18. The summed E-state index contributed by atoms with van der Waals surface area (Å²) in [6, 6.07) is 48.3. The molecule has 8 rings (SSSR count). The van der Waals surface area contributed by atoms with Crippen LogP contribution in [0.5, 0.6) is 0 Å². The van der Waals surface area contributed by atoms with E-state index >= 15 is 0 Å². The molecule has 6 aromatic rings. The minimum atomic E-state index is -0.736. The number of hydrogen-bond acceptors (Lipinski definition) is 4. The van der Waals surface area contributed by atoms with Gasteiger partial charge < -0.3 is 14.7 Å². The van der Waals surface area contributed by atoms with Gasteiger partial charge in [0.2, 0.25) is 5.69 Å². The lowest BCUT2D eigenvalue weighted by Gasteiger charge is -2.31. The number of rotatable bonds is 20. The minimum absolute atomic E-state index is 0.198. The van der Waals surface area contributed by atoms with Crippen molar-refractivity contribution in [1.29, 1.82) is 0 Å². The molecule has 2 aliphatic rings. The van der Waals surface area contributed by atoms with Crippen LogP contribution >= 0.6 is 0 Å². The number of ether oxygens (including phenoxy) is 1. The average Bonchev–Trinajstić information content (AvgIpc) is 3.67. The number of unbranched alkanes of at least 4 members (excludes halogenated alkanes) is 4. The first-order valence-electron chi connectivity index (χ1n) is 22.7. The van der Waals surface area contributed by atoms with Gasteiger partial charge in [-0.25, -0.2) is 0 Å². The smallest absolute Gasteiger partial charge is 0.303 e. The molecule has 2 heterocycles. The molecule has 1 N–H and O–H groups in total. The summed E-state index contributed by atoms with van der Waals surface area (Å²) >= 11 is 0. The van der Waals surface area contributed by atoms with E-state index in [1.165, 1.54) is 66.6 Å². The molecule has 2 atom stereocenters. The molecule has 6 heteroatoms. The zero-order valence-electron chi connectivity index (χ0n) is 36.7. The molecule has 2 aliphatic heterocycles. The molecule has 0 bridgehead atoms. The largest absolute Gasteiger partial charge is 0.481 e. The molecule has 0 saturated carbocycles. The predicted octanol–water partition coefficient (Wildman–Crippen LogP) is 12.6. The van der Waals surface area contributed by atoms with Gasteiger partial charge in [-0.2, -0.15) is 4.58 Å². The molecule has 0 amide bonds. The summed E-state index contributed by atoms with van der Waals surface area (Å²) in [5, 5.41) is 14.4. The van der Waals surface area contributed by atoms with Crippen LogP contribution < -0.4 is 4.90 Å². The number of fused-ring (bicyclic) bond motifs is 6. The number of benzene rings is 6. The van der Waals surface area contributed by atoms with Crippen LogP contribution in [0.2, 0.25) is 0 Å². The zero-order chi connectivity index (χ0) is 43.7. The maximum atomic E-state index is 11.4. The van der Waals surface area contributed by atoms with Gasteiger partial charge >= 0.3 is 5.97 Å². The molecular weight excluding hydrogens is 777 g/mol. The summed E-state index contributed by atoms with van der Waals surface area (Å²) in [4.78, 5) is 24.7. The standard InChI is InChI=1S/C57H58N2O4/c1-56(40-43-22-8-3-9-23-43)51(58(37-19-6-14-32-53(61)62)49-35-33-45-26-15-17-28-47(45)54(49)56)30-12-5-13-31-52-57(2,41-44-24-10-4-11-25-44)55-48-29-18-16-27-46(48)34-36-50(55)59(52)38-20-7-21-39-63-42-60/h3-5,8-13,15-18,22-31,33-36,42H,6-7,14,19-21,32,37-41H2,1-2H3/p+1. The molecule has 63 heavy (non-hydrogen) atoms. The molecule has 0 saturated heterocycles.